The molecule has 0 aromatic heterocycles. The van der Waals surface area contributed by atoms with Crippen molar-refractivity contribution >= 4 is 23.5 Å². The zero-order valence-electron chi connectivity index (χ0n) is 13.8. The minimum atomic E-state index is -1.84. The van der Waals surface area contributed by atoms with Gasteiger partial charge in [-0.25, -0.2) is 13.6 Å². The summed E-state index contributed by atoms with van der Waals surface area (Å²) >= 11 is 0. The molecule has 2 aliphatic heterocycles. The van der Waals surface area contributed by atoms with E-state index in [2.05, 4.69) is 0 Å². The molecule has 9 heteroatoms. The van der Waals surface area contributed by atoms with Gasteiger partial charge in [-0.05, 0) is 12.1 Å². The van der Waals surface area contributed by atoms with Crippen LogP contribution in [0, 0.1) is 17.6 Å². The normalized spacial score (nSPS) is 22.6. The van der Waals surface area contributed by atoms with E-state index in [0.29, 0.717) is 6.07 Å². The third kappa shape index (κ3) is 3.26. The number of likely N-dealkylation sites (tertiary alicyclic amines) is 1. The van der Waals surface area contributed by atoms with E-state index < -0.39 is 35.0 Å². The Kier molecular flexibility index (Phi) is 4.66. The lowest BCUT2D eigenvalue weighted by molar-refractivity contribution is -0.165. The van der Waals surface area contributed by atoms with E-state index in [1.54, 1.807) is 0 Å². The van der Waals surface area contributed by atoms with Gasteiger partial charge in [0.1, 0.15) is 11.6 Å². The quantitative estimate of drug-likeness (QED) is 0.821. The molecule has 0 radical (unpaired) electrons. The Morgan fingerprint density at radius 2 is 1.85 bits per heavy atom. The van der Waals surface area contributed by atoms with Crippen LogP contribution >= 0.6 is 0 Å². The summed E-state index contributed by atoms with van der Waals surface area (Å²) < 4.78 is 26.9. The topological polar surface area (TPSA) is 98.2 Å². The maximum absolute atomic E-state index is 13.9. The van der Waals surface area contributed by atoms with E-state index in [1.807, 2.05) is 0 Å². The maximum Gasteiger partial charge on any atom is 0.335 e. The highest BCUT2D eigenvalue weighted by atomic mass is 19.1. The van der Waals surface area contributed by atoms with Crippen molar-refractivity contribution in [2.75, 3.05) is 24.5 Å². The molecule has 26 heavy (non-hydrogen) atoms. The number of aliphatic carboxylic acids is 1. The number of halogens is 2. The molecule has 0 spiro atoms. The third-order valence-electron chi connectivity index (χ3n) is 4.98. The Labute approximate surface area is 147 Å². The van der Waals surface area contributed by atoms with E-state index in [1.165, 1.54) is 4.90 Å². The van der Waals surface area contributed by atoms with Crippen molar-refractivity contribution in [3.8, 4) is 0 Å². The highest BCUT2D eigenvalue weighted by Crippen LogP contribution is 2.30. The van der Waals surface area contributed by atoms with Crippen molar-refractivity contribution in [2.24, 2.45) is 5.92 Å². The molecule has 1 aromatic carbocycles. The molecule has 2 saturated heterocycles. The number of benzene rings is 1. The first kappa shape index (κ1) is 18.2. The second kappa shape index (κ2) is 6.64. The van der Waals surface area contributed by atoms with Crippen molar-refractivity contribution in [3.05, 3.63) is 29.8 Å². The van der Waals surface area contributed by atoms with Gasteiger partial charge in [0.2, 0.25) is 11.8 Å². The van der Waals surface area contributed by atoms with Gasteiger partial charge >= 0.3 is 5.97 Å². The van der Waals surface area contributed by atoms with Crippen LogP contribution in [-0.4, -0.2) is 58.1 Å². The molecule has 7 nitrogen and oxygen atoms in total. The number of piperidine rings is 1. The molecule has 2 amide bonds. The van der Waals surface area contributed by atoms with Crippen molar-refractivity contribution in [1.29, 1.82) is 0 Å². The summed E-state index contributed by atoms with van der Waals surface area (Å²) in [5, 5.41) is 18.9. The van der Waals surface area contributed by atoms with Crippen LogP contribution in [0.4, 0.5) is 14.5 Å². The first-order chi connectivity index (χ1) is 12.2. The largest absolute Gasteiger partial charge is 0.479 e. The van der Waals surface area contributed by atoms with Crippen molar-refractivity contribution in [1.82, 2.24) is 4.90 Å². The van der Waals surface area contributed by atoms with Crippen molar-refractivity contribution in [3.63, 3.8) is 0 Å². The zero-order valence-corrected chi connectivity index (χ0v) is 13.8. The SMILES string of the molecule is O=C(C1CC(=O)N(c2ccc(F)cc2F)C1)N1CCC(O)(C(=O)O)CC1. The number of rotatable bonds is 3. The molecule has 2 heterocycles. The fourth-order valence-corrected chi connectivity index (χ4v) is 3.38. The number of carboxylic acid groups (broad SMARTS) is 1. The molecular formula is C17H18F2N2O5. The van der Waals surface area contributed by atoms with Crippen LogP contribution in [0.2, 0.25) is 0 Å². The average molecular weight is 368 g/mol. The van der Waals surface area contributed by atoms with Gasteiger partial charge in [0.25, 0.3) is 0 Å². The van der Waals surface area contributed by atoms with Crippen LogP contribution in [0.5, 0.6) is 0 Å². The summed E-state index contributed by atoms with van der Waals surface area (Å²) in [6, 6.07) is 2.87. The lowest BCUT2D eigenvalue weighted by atomic mass is 9.91. The lowest BCUT2D eigenvalue weighted by Gasteiger charge is -2.36. The smallest absolute Gasteiger partial charge is 0.335 e. The highest BCUT2D eigenvalue weighted by molar-refractivity contribution is 6.00. The van der Waals surface area contributed by atoms with Gasteiger partial charge in [0.15, 0.2) is 5.60 Å². The fourth-order valence-electron chi connectivity index (χ4n) is 3.38. The number of hydrogen-bond acceptors (Lipinski definition) is 4. The first-order valence-electron chi connectivity index (χ1n) is 8.21. The Bertz CT molecular complexity index is 762. The molecule has 0 saturated carbocycles. The molecule has 1 atom stereocenters. The molecule has 3 rings (SSSR count). The average Bonchev–Trinajstić information content (AvgIpc) is 2.96. The van der Waals surface area contributed by atoms with Gasteiger partial charge in [-0.15, -0.1) is 0 Å². The summed E-state index contributed by atoms with van der Waals surface area (Å²) in [4.78, 5) is 38.4. The van der Waals surface area contributed by atoms with Crippen LogP contribution in [0.3, 0.4) is 0 Å². The van der Waals surface area contributed by atoms with Gasteiger partial charge < -0.3 is 20.0 Å². The Morgan fingerprint density at radius 1 is 1.19 bits per heavy atom. The van der Waals surface area contributed by atoms with E-state index >= 15 is 0 Å². The van der Waals surface area contributed by atoms with Crippen molar-refractivity contribution in [2.45, 2.75) is 24.9 Å². The predicted octanol–water partition coefficient (Wildman–Crippen LogP) is 0.756. The van der Waals surface area contributed by atoms with E-state index in [-0.39, 0.29) is 50.5 Å². The second-order valence-electron chi connectivity index (χ2n) is 6.66. The van der Waals surface area contributed by atoms with Crippen LogP contribution < -0.4 is 4.90 Å². The third-order valence-corrected chi connectivity index (χ3v) is 4.98. The second-order valence-corrected chi connectivity index (χ2v) is 6.66. The van der Waals surface area contributed by atoms with Crippen LogP contribution in [0.15, 0.2) is 18.2 Å². The summed E-state index contributed by atoms with van der Waals surface area (Å²) in [5.74, 6) is -4.43. The first-order valence-corrected chi connectivity index (χ1v) is 8.21. The lowest BCUT2D eigenvalue weighted by Crippen LogP contribution is -2.52. The number of aliphatic hydroxyl groups is 1. The minimum absolute atomic E-state index is 0.0279. The number of amides is 2. The van der Waals surface area contributed by atoms with Crippen LogP contribution in [0.25, 0.3) is 0 Å². The van der Waals surface area contributed by atoms with E-state index in [4.69, 9.17) is 5.11 Å². The van der Waals surface area contributed by atoms with Gasteiger partial charge in [-0.2, -0.15) is 0 Å². The van der Waals surface area contributed by atoms with Gasteiger partial charge in [-0.3, -0.25) is 9.59 Å². The van der Waals surface area contributed by atoms with Gasteiger partial charge in [0.05, 0.1) is 11.6 Å². The minimum Gasteiger partial charge on any atom is -0.479 e. The van der Waals surface area contributed by atoms with Crippen molar-refractivity contribution < 1.29 is 33.4 Å². The molecule has 0 bridgehead atoms. The molecular weight excluding hydrogens is 350 g/mol. The van der Waals surface area contributed by atoms with Gasteiger partial charge in [0, 0.05) is 45.0 Å². The van der Waals surface area contributed by atoms with E-state index in [0.717, 1.165) is 17.0 Å². The fraction of sp³-hybridized carbons (Fsp3) is 0.471. The molecule has 2 aliphatic rings. The molecule has 1 aromatic rings. The van der Waals surface area contributed by atoms with Crippen LogP contribution in [-0.2, 0) is 14.4 Å². The number of carbonyl (C=O) groups excluding carboxylic acids is 2. The molecule has 0 aliphatic carbocycles. The van der Waals surface area contributed by atoms with Crippen LogP contribution in [0.1, 0.15) is 19.3 Å². The zero-order chi connectivity index (χ0) is 19.1. The maximum atomic E-state index is 13.9. The molecule has 2 fully saturated rings. The van der Waals surface area contributed by atoms with E-state index in [9.17, 15) is 28.3 Å². The summed E-state index contributed by atoms with van der Waals surface area (Å²) in [6.45, 7) is 0.106. The summed E-state index contributed by atoms with van der Waals surface area (Å²) in [5.41, 5.74) is -1.92. The van der Waals surface area contributed by atoms with Gasteiger partial charge in [-0.1, -0.05) is 0 Å². The number of carbonyl (C=O) groups is 3. The number of hydrogen-bond donors (Lipinski definition) is 2. The molecule has 140 valence electrons. The Morgan fingerprint density at radius 3 is 2.42 bits per heavy atom. The standard InChI is InChI=1S/C17H18F2N2O5/c18-11-1-2-13(12(19)8-11)21-9-10(7-14(21)22)15(23)20-5-3-17(26,4-6-20)16(24)25/h1-2,8,10,26H,3-7,9H2,(H,24,25). The Hall–Kier alpha value is -2.55. The number of nitrogens with zero attached hydrogens (tertiary/aromatic N) is 2. The number of anilines is 1. The summed E-state index contributed by atoms with van der Waals surface area (Å²) in [7, 11) is 0. The molecule has 2 N–H and O–H groups in total. The number of carboxylic acids is 1. The predicted molar refractivity (Wildman–Crippen MR) is 85.2 cm³/mol. The highest BCUT2D eigenvalue weighted by Gasteiger charge is 2.43. The Balaban J connectivity index is 1.67. The summed E-state index contributed by atoms with van der Waals surface area (Å²) in [6.07, 6.45) is -0.286. The monoisotopic (exact) mass is 368 g/mol. The molecule has 1 unspecified atom stereocenters.